The molecule has 0 aliphatic heterocycles. The number of hydrogen-bond acceptors (Lipinski definition) is 4. The molecule has 7 heteroatoms. The van der Waals surface area contributed by atoms with Crippen LogP contribution in [0.2, 0.25) is 0 Å². The van der Waals surface area contributed by atoms with Gasteiger partial charge in [-0.3, -0.25) is 14.4 Å². The molecule has 1 aromatic heterocycles. The highest BCUT2D eigenvalue weighted by molar-refractivity contribution is 6.05. The molecule has 4 aromatic rings. The standard InChI is InChI=1S/C24H21N3O4/c1-2-27-21-13-8-17(14-20(21)26-23(29)24(27)30)22(28)25-18-9-11-19(12-10-18)31-15-16-6-4-3-5-7-16/h3-14H,2,15H2,1H3,(H,25,28)(H,26,29). The third-order valence-electron chi connectivity index (χ3n) is 4.91. The summed E-state index contributed by atoms with van der Waals surface area (Å²) in [6.07, 6.45) is 0. The predicted molar refractivity (Wildman–Crippen MR) is 120 cm³/mol. The van der Waals surface area contributed by atoms with Gasteiger partial charge in [0.15, 0.2) is 0 Å². The number of nitrogens with zero attached hydrogens (tertiary/aromatic N) is 1. The van der Waals surface area contributed by atoms with Gasteiger partial charge in [-0.05, 0) is 55.0 Å². The fraction of sp³-hybridized carbons (Fsp3) is 0.125. The quantitative estimate of drug-likeness (QED) is 0.471. The lowest BCUT2D eigenvalue weighted by atomic mass is 10.1. The molecule has 2 N–H and O–H groups in total. The first-order chi connectivity index (χ1) is 15.0. The van der Waals surface area contributed by atoms with Crippen molar-refractivity contribution in [1.29, 1.82) is 0 Å². The first kappa shape index (κ1) is 20.2. The maximum absolute atomic E-state index is 12.7. The maximum Gasteiger partial charge on any atom is 0.316 e. The molecule has 0 saturated carbocycles. The minimum Gasteiger partial charge on any atom is -0.489 e. The number of carbonyl (C=O) groups excluding carboxylic acids is 1. The third-order valence-corrected chi connectivity index (χ3v) is 4.91. The summed E-state index contributed by atoms with van der Waals surface area (Å²) >= 11 is 0. The molecule has 0 fully saturated rings. The van der Waals surface area contributed by atoms with E-state index in [0.29, 0.717) is 41.2 Å². The first-order valence-electron chi connectivity index (χ1n) is 9.90. The number of benzene rings is 3. The molecule has 0 aliphatic rings. The topological polar surface area (TPSA) is 93.2 Å². The zero-order valence-corrected chi connectivity index (χ0v) is 16.9. The van der Waals surface area contributed by atoms with Crippen LogP contribution in [0.4, 0.5) is 5.69 Å². The summed E-state index contributed by atoms with van der Waals surface area (Å²) in [6.45, 7) is 2.61. The maximum atomic E-state index is 12.7. The molecular weight excluding hydrogens is 394 g/mol. The van der Waals surface area contributed by atoms with Gasteiger partial charge in [0.2, 0.25) is 0 Å². The van der Waals surface area contributed by atoms with Gasteiger partial charge >= 0.3 is 11.1 Å². The molecule has 1 heterocycles. The predicted octanol–water partition coefficient (Wildman–Crippen LogP) is 3.54. The van der Waals surface area contributed by atoms with Crippen molar-refractivity contribution in [3.63, 3.8) is 0 Å². The van der Waals surface area contributed by atoms with Crippen LogP contribution in [0.15, 0.2) is 82.4 Å². The Balaban J connectivity index is 1.47. The van der Waals surface area contributed by atoms with E-state index < -0.39 is 11.1 Å². The molecule has 0 atom stereocenters. The molecule has 0 bridgehead atoms. The van der Waals surface area contributed by atoms with Crippen molar-refractivity contribution in [2.75, 3.05) is 5.32 Å². The zero-order valence-electron chi connectivity index (χ0n) is 16.9. The Morgan fingerprint density at radius 3 is 2.45 bits per heavy atom. The number of hydrogen-bond donors (Lipinski definition) is 2. The normalized spacial score (nSPS) is 10.7. The van der Waals surface area contributed by atoms with E-state index in [0.717, 1.165) is 5.56 Å². The molecule has 0 spiro atoms. The Morgan fingerprint density at radius 1 is 1.00 bits per heavy atom. The van der Waals surface area contributed by atoms with Gasteiger partial charge in [-0.25, -0.2) is 0 Å². The summed E-state index contributed by atoms with van der Waals surface area (Å²) in [6, 6.07) is 21.8. The lowest BCUT2D eigenvalue weighted by molar-refractivity contribution is 0.102. The molecule has 0 saturated heterocycles. The summed E-state index contributed by atoms with van der Waals surface area (Å²) in [5.41, 5.74) is 1.74. The van der Waals surface area contributed by atoms with Crippen LogP contribution in [0.5, 0.6) is 5.75 Å². The van der Waals surface area contributed by atoms with Gasteiger partial charge in [0.05, 0.1) is 11.0 Å². The second-order valence-corrected chi connectivity index (χ2v) is 6.99. The number of aromatic nitrogens is 2. The fourth-order valence-corrected chi connectivity index (χ4v) is 3.31. The minimum absolute atomic E-state index is 0.324. The number of aromatic amines is 1. The second-order valence-electron chi connectivity index (χ2n) is 6.99. The van der Waals surface area contributed by atoms with E-state index in [2.05, 4.69) is 10.3 Å². The van der Waals surface area contributed by atoms with Crippen molar-refractivity contribution < 1.29 is 9.53 Å². The molecule has 4 rings (SSSR count). The lowest BCUT2D eigenvalue weighted by Crippen LogP contribution is -2.36. The van der Waals surface area contributed by atoms with Gasteiger partial charge in [-0.1, -0.05) is 30.3 Å². The molecule has 7 nitrogen and oxygen atoms in total. The number of aryl methyl sites for hydroxylation is 1. The van der Waals surface area contributed by atoms with Crippen molar-refractivity contribution in [2.24, 2.45) is 0 Å². The number of nitrogens with one attached hydrogen (secondary N) is 2. The monoisotopic (exact) mass is 415 g/mol. The third kappa shape index (κ3) is 4.40. The summed E-state index contributed by atoms with van der Waals surface area (Å²) in [5.74, 6) is 0.373. The number of carbonyl (C=O) groups is 1. The van der Waals surface area contributed by atoms with Gasteiger partial charge < -0.3 is 19.6 Å². The summed E-state index contributed by atoms with van der Waals surface area (Å²) in [5, 5.41) is 2.82. The Kier molecular flexibility index (Phi) is 5.66. The van der Waals surface area contributed by atoms with Crippen LogP contribution in [-0.2, 0) is 13.2 Å². The van der Waals surface area contributed by atoms with Gasteiger partial charge in [-0.2, -0.15) is 0 Å². The van der Waals surface area contributed by atoms with Gasteiger partial charge in [0, 0.05) is 17.8 Å². The Morgan fingerprint density at radius 2 is 1.74 bits per heavy atom. The highest BCUT2D eigenvalue weighted by Crippen LogP contribution is 2.19. The first-order valence-corrected chi connectivity index (χ1v) is 9.90. The Hall–Kier alpha value is -4.13. The van der Waals surface area contributed by atoms with Crippen LogP contribution in [0.1, 0.15) is 22.8 Å². The highest BCUT2D eigenvalue weighted by Gasteiger charge is 2.11. The number of anilines is 1. The fourth-order valence-electron chi connectivity index (χ4n) is 3.31. The largest absolute Gasteiger partial charge is 0.489 e. The molecule has 1 amide bonds. The summed E-state index contributed by atoms with van der Waals surface area (Å²) in [4.78, 5) is 39.0. The minimum atomic E-state index is -0.710. The van der Waals surface area contributed by atoms with Crippen LogP contribution in [0.25, 0.3) is 11.0 Å². The van der Waals surface area contributed by atoms with E-state index in [9.17, 15) is 14.4 Å². The van der Waals surface area contributed by atoms with Crippen LogP contribution in [-0.4, -0.2) is 15.5 Å². The molecule has 0 radical (unpaired) electrons. The van der Waals surface area contributed by atoms with Crippen LogP contribution in [0, 0.1) is 0 Å². The SMILES string of the molecule is CCn1c(=O)c(=O)[nH]c2cc(C(=O)Nc3ccc(OCc4ccccc4)cc3)ccc21. The van der Waals surface area contributed by atoms with Crippen molar-refractivity contribution in [3.8, 4) is 5.75 Å². The number of ether oxygens (including phenoxy) is 1. The van der Waals surface area contributed by atoms with E-state index in [1.54, 1.807) is 49.4 Å². The van der Waals surface area contributed by atoms with E-state index in [4.69, 9.17) is 4.74 Å². The number of H-pyrrole nitrogens is 1. The van der Waals surface area contributed by atoms with E-state index in [1.807, 2.05) is 30.3 Å². The van der Waals surface area contributed by atoms with Gasteiger partial charge in [0.25, 0.3) is 5.91 Å². The highest BCUT2D eigenvalue weighted by atomic mass is 16.5. The van der Waals surface area contributed by atoms with Crippen molar-refractivity contribution in [2.45, 2.75) is 20.1 Å². The summed E-state index contributed by atoms with van der Waals surface area (Å²) in [7, 11) is 0. The van der Waals surface area contributed by atoms with Crippen molar-refractivity contribution in [3.05, 3.63) is 105 Å². The second kappa shape index (κ2) is 8.71. The molecule has 0 unspecified atom stereocenters. The molecule has 31 heavy (non-hydrogen) atoms. The average molecular weight is 415 g/mol. The molecular formula is C24H21N3O4. The summed E-state index contributed by atoms with van der Waals surface area (Å²) < 4.78 is 7.13. The molecule has 3 aromatic carbocycles. The van der Waals surface area contributed by atoms with E-state index in [-0.39, 0.29) is 5.91 Å². The van der Waals surface area contributed by atoms with Crippen LogP contribution in [0.3, 0.4) is 0 Å². The van der Waals surface area contributed by atoms with Crippen molar-refractivity contribution in [1.82, 2.24) is 9.55 Å². The molecule has 0 aliphatic carbocycles. The number of rotatable bonds is 6. The Bertz CT molecular complexity index is 1340. The molecule has 156 valence electrons. The van der Waals surface area contributed by atoms with Gasteiger partial charge in [-0.15, -0.1) is 0 Å². The lowest BCUT2D eigenvalue weighted by Gasteiger charge is -2.10. The van der Waals surface area contributed by atoms with Crippen LogP contribution < -0.4 is 21.2 Å². The van der Waals surface area contributed by atoms with E-state index in [1.165, 1.54) is 4.57 Å². The van der Waals surface area contributed by atoms with Gasteiger partial charge in [0.1, 0.15) is 12.4 Å². The smallest absolute Gasteiger partial charge is 0.316 e. The number of fused-ring (bicyclic) bond motifs is 1. The Labute approximate surface area is 177 Å². The van der Waals surface area contributed by atoms with Crippen molar-refractivity contribution >= 4 is 22.6 Å². The van der Waals surface area contributed by atoms with Crippen LogP contribution >= 0.6 is 0 Å². The average Bonchev–Trinajstić information content (AvgIpc) is 2.80. The number of amides is 1. The van der Waals surface area contributed by atoms with E-state index >= 15 is 0 Å². The zero-order chi connectivity index (χ0) is 21.8.